The fourth-order valence-corrected chi connectivity index (χ4v) is 2.55. The van der Waals surface area contributed by atoms with Gasteiger partial charge in [-0.3, -0.25) is 0 Å². The van der Waals surface area contributed by atoms with E-state index in [4.69, 9.17) is 0 Å². The highest BCUT2D eigenvalue weighted by Crippen LogP contribution is 2.31. The van der Waals surface area contributed by atoms with Crippen LogP contribution < -0.4 is 0 Å². The molecule has 0 nitrogen and oxygen atoms in total. The van der Waals surface area contributed by atoms with Crippen molar-refractivity contribution < 1.29 is 0 Å². The van der Waals surface area contributed by atoms with E-state index in [1.807, 2.05) is 0 Å². The molecule has 0 aliphatic rings. The van der Waals surface area contributed by atoms with Crippen LogP contribution in [0, 0.1) is 13.8 Å². The Bertz CT molecular complexity index is 533. The van der Waals surface area contributed by atoms with E-state index in [-0.39, 0.29) is 0 Å². The lowest BCUT2D eigenvalue weighted by molar-refractivity contribution is 0.796. The van der Waals surface area contributed by atoms with E-state index in [1.54, 1.807) is 0 Å². The zero-order valence-electron chi connectivity index (χ0n) is 12.1. The van der Waals surface area contributed by atoms with E-state index < -0.39 is 0 Å². The molecule has 98 valence electrons. The summed E-state index contributed by atoms with van der Waals surface area (Å²) in [5.74, 6) is 0.414. The molecule has 0 bridgehead atoms. The van der Waals surface area contributed by atoms with Crippen molar-refractivity contribution in [2.24, 2.45) is 0 Å². The minimum Gasteiger partial charge on any atom is -0.100 e. The van der Waals surface area contributed by atoms with Crippen LogP contribution >= 0.6 is 0 Å². The zero-order chi connectivity index (χ0) is 13.8. The summed E-state index contributed by atoms with van der Waals surface area (Å²) in [5, 5.41) is 0. The topological polar surface area (TPSA) is 0 Å². The zero-order valence-corrected chi connectivity index (χ0v) is 12.1. The largest absolute Gasteiger partial charge is 0.100 e. The van der Waals surface area contributed by atoms with Crippen LogP contribution in [-0.2, 0) is 0 Å². The van der Waals surface area contributed by atoms with Crippen LogP contribution in [-0.4, -0.2) is 0 Å². The third kappa shape index (κ3) is 3.57. The second-order valence-corrected chi connectivity index (χ2v) is 5.54. The first kappa shape index (κ1) is 13.6. The van der Waals surface area contributed by atoms with Crippen molar-refractivity contribution in [3.05, 3.63) is 82.9 Å². The molecule has 19 heavy (non-hydrogen) atoms. The van der Waals surface area contributed by atoms with Crippen molar-refractivity contribution in [1.82, 2.24) is 0 Å². The van der Waals surface area contributed by atoms with Gasteiger partial charge in [0.2, 0.25) is 0 Å². The summed E-state index contributed by atoms with van der Waals surface area (Å²) in [7, 11) is 0. The lowest BCUT2D eigenvalue weighted by atomic mass is 9.85. The van der Waals surface area contributed by atoms with Crippen molar-refractivity contribution in [2.45, 2.75) is 33.1 Å². The van der Waals surface area contributed by atoms with E-state index in [2.05, 4.69) is 75.9 Å². The van der Waals surface area contributed by atoms with Crippen LogP contribution in [0.5, 0.6) is 0 Å². The molecule has 0 heteroatoms. The van der Waals surface area contributed by atoms with Gasteiger partial charge < -0.3 is 0 Å². The number of benzene rings is 2. The fourth-order valence-electron chi connectivity index (χ4n) is 2.55. The van der Waals surface area contributed by atoms with E-state index in [0.29, 0.717) is 5.92 Å². The van der Waals surface area contributed by atoms with Gasteiger partial charge in [-0.2, -0.15) is 0 Å². The summed E-state index contributed by atoms with van der Waals surface area (Å²) < 4.78 is 0. The molecule has 0 aliphatic heterocycles. The van der Waals surface area contributed by atoms with Crippen LogP contribution in [0.3, 0.4) is 0 Å². The molecule has 0 atom stereocenters. The number of rotatable bonds is 4. The maximum atomic E-state index is 4.09. The SMILES string of the molecule is C=C(C)CC(c1cccc(C)c1)c1cccc(C)c1. The standard InChI is InChI=1S/C19H22/c1-14(2)11-19(17-9-5-7-15(3)12-17)18-10-6-8-16(4)13-18/h5-10,12-13,19H,1,11H2,2-4H3. The predicted octanol–water partition coefficient (Wildman–Crippen LogP) is 5.40. The Labute approximate surface area is 116 Å². The Kier molecular flexibility index (Phi) is 4.21. The molecular weight excluding hydrogens is 228 g/mol. The molecule has 0 saturated carbocycles. The highest BCUT2D eigenvalue weighted by Gasteiger charge is 2.14. The van der Waals surface area contributed by atoms with Gasteiger partial charge in [0, 0.05) is 5.92 Å². The summed E-state index contributed by atoms with van der Waals surface area (Å²) in [5.41, 5.74) is 6.63. The molecule has 0 heterocycles. The van der Waals surface area contributed by atoms with Gasteiger partial charge in [0.1, 0.15) is 0 Å². The minimum absolute atomic E-state index is 0.414. The molecule has 2 rings (SSSR count). The van der Waals surface area contributed by atoms with Crippen molar-refractivity contribution >= 4 is 0 Å². The molecule has 0 aliphatic carbocycles. The first-order valence-corrected chi connectivity index (χ1v) is 6.84. The van der Waals surface area contributed by atoms with E-state index in [9.17, 15) is 0 Å². The number of aryl methyl sites for hydroxylation is 2. The maximum absolute atomic E-state index is 4.09. The third-order valence-corrected chi connectivity index (χ3v) is 3.44. The molecule has 2 aromatic carbocycles. The van der Waals surface area contributed by atoms with Crippen molar-refractivity contribution in [2.75, 3.05) is 0 Å². The second kappa shape index (κ2) is 5.88. The minimum atomic E-state index is 0.414. The van der Waals surface area contributed by atoms with Crippen molar-refractivity contribution in [3.8, 4) is 0 Å². The van der Waals surface area contributed by atoms with Gasteiger partial charge in [-0.1, -0.05) is 65.2 Å². The number of allylic oxidation sites excluding steroid dienone is 1. The van der Waals surface area contributed by atoms with Gasteiger partial charge in [-0.15, -0.1) is 6.58 Å². The summed E-state index contributed by atoms with van der Waals surface area (Å²) >= 11 is 0. The lowest BCUT2D eigenvalue weighted by Gasteiger charge is -2.19. The summed E-state index contributed by atoms with van der Waals surface area (Å²) in [6, 6.07) is 17.6. The van der Waals surface area contributed by atoms with Crippen LogP contribution in [0.1, 0.15) is 41.5 Å². The first-order chi connectivity index (χ1) is 9.06. The molecule has 0 unspecified atom stereocenters. The molecule has 0 radical (unpaired) electrons. The maximum Gasteiger partial charge on any atom is 0.0126 e. The Morgan fingerprint density at radius 1 is 0.947 bits per heavy atom. The average molecular weight is 250 g/mol. The molecular formula is C19H22. The van der Waals surface area contributed by atoms with Gasteiger partial charge in [0.05, 0.1) is 0 Å². The molecule has 0 fully saturated rings. The highest BCUT2D eigenvalue weighted by molar-refractivity contribution is 5.37. The number of hydrogen-bond acceptors (Lipinski definition) is 0. The quantitative estimate of drug-likeness (QED) is 0.637. The van der Waals surface area contributed by atoms with E-state index >= 15 is 0 Å². The monoisotopic (exact) mass is 250 g/mol. The molecule has 0 saturated heterocycles. The first-order valence-electron chi connectivity index (χ1n) is 6.84. The molecule has 0 spiro atoms. The molecule has 0 N–H and O–H groups in total. The van der Waals surface area contributed by atoms with Crippen LogP contribution in [0.2, 0.25) is 0 Å². The Balaban J connectivity index is 2.44. The molecule has 2 aromatic rings. The smallest absolute Gasteiger partial charge is 0.0126 e. The average Bonchev–Trinajstić information content (AvgIpc) is 2.35. The normalized spacial score (nSPS) is 10.7. The Morgan fingerprint density at radius 3 is 1.79 bits per heavy atom. The second-order valence-electron chi connectivity index (χ2n) is 5.54. The Morgan fingerprint density at radius 2 is 1.42 bits per heavy atom. The fraction of sp³-hybridized carbons (Fsp3) is 0.263. The van der Waals surface area contributed by atoms with Crippen LogP contribution in [0.25, 0.3) is 0 Å². The lowest BCUT2D eigenvalue weighted by Crippen LogP contribution is -2.02. The Hall–Kier alpha value is -1.82. The summed E-state index contributed by atoms with van der Waals surface area (Å²) in [6.07, 6.45) is 1.01. The summed E-state index contributed by atoms with van der Waals surface area (Å²) in [6.45, 7) is 10.5. The summed E-state index contributed by atoms with van der Waals surface area (Å²) in [4.78, 5) is 0. The van der Waals surface area contributed by atoms with E-state index in [1.165, 1.54) is 27.8 Å². The van der Waals surface area contributed by atoms with Gasteiger partial charge in [0.25, 0.3) is 0 Å². The number of hydrogen-bond donors (Lipinski definition) is 0. The third-order valence-electron chi connectivity index (χ3n) is 3.44. The van der Waals surface area contributed by atoms with E-state index in [0.717, 1.165) is 6.42 Å². The molecule has 0 amide bonds. The van der Waals surface area contributed by atoms with Gasteiger partial charge in [-0.25, -0.2) is 0 Å². The molecule has 0 aromatic heterocycles. The van der Waals surface area contributed by atoms with Gasteiger partial charge >= 0.3 is 0 Å². The highest BCUT2D eigenvalue weighted by atomic mass is 14.2. The van der Waals surface area contributed by atoms with Crippen molar-refractivity contribution in [1.29, 1.82) is 0 Å². The van der Waals surface area contributed by atoms with Gasteiger partial charge in [-0.05, 0) is 38.3 Å². The predicted molar refractivity (Wildman–Crippen MR) is 83.6 cm³/mol. The van der Waals surface area contributed by atoms with Gasteiger partial charge in [0.15, 0.2) is 0 Å². The van der Waals surface area contributed by atoms with Crippen LogP contribution in [0.15, 0.2) is 60.7 Å². The van der Waals surface area contributed by atoms with Crippen molar-refractivity contribution in [3.63, 3.8) is 0 Å². The van der Waals surface area contributed by atoms with Crippen LogP contribution in [0.4, 0.5) is 0 Å².